The Morgan fingerprint density at radius 2 is 1.71 bits per heavy atom. The van der Waals surface area contributed by atoms with E-state index in [1.165, 1.54) is 0 Å². The number of hydrogen-bond donors (Lipinski definition) is 2. The highest BCUT2D eigenvalue weighted by atomic mass is 16.3. The summed E-state index contributed by atoms with van der Waals surface area (Å²) in [7, 11) is 0. The maximum atomic E-state index is 9.96. The minimum Gasteiger partial charge on any atom is -0.396 e. The molecule has 3 unspecified atom stereocenters. The molecule has 86 valence electrons. The molecule has 0 saturated heterocycles. The molecule has 0 aromatic carbocycles. The highest BCUT2D eigenvalue weighted by Crippen LogP contribution is 2.25. The van der Waals surface area contributed by atoms with Crippen molar-refractivity contribution < 1.29 is 10.2 Å². The molecular weight excluding hydrogens is 176 g/mol. The van der Waals surface area contributed by atoms with Crippen LogP contribution in [0.1, 0.15) is 52.9 Å². The van der Waals surface area contributed by atoms with Crippen molar-refractivity contribution in [3.8, 4) is 0 Å². The zero-order valence-electron chi connectivity index (χ0n) is 9.87. The van der Waals surface area contributed by atoms with E-state index in [0.717, 1.165) is 32.1 Å². The highest BCUT2D eigenvalue weighted by molar-refractivity contribution is 4.74. The van der Waals surface area contributed by atoms with E-state index in [4.69, 9.17) is 0 Å². The van der Waals surface area contributed by atoms with Crippen LogP contribution in [0.5, 0.6) is 0 Å². The van der Waals surface area contributed by atoms with E-state index in [1.54, 1.807) is 0 Å². The summed E-state index contributed by atoms with van der Waals surface area (Å²) in [5, 5.41) is 19.2. The predicted octanol–water partition coefficient (Wildman–Crippen LogP) is 2.58. The maximum Gasteiger partial charge on any atom is 0.0571 e. The molecule has 0 spiro atoms. The van der Waals surface area contributed by atoms with Crippen LogP contribution in [0.2, 0.25) is 0 Å². The SMILES string of the molecule is CCCCC(O)C(CC)C(CC)CO. The molecule has 0 bridgehead atoms. The molecule has 3 atom stereocenters. The molecule has 2 N–H and O–H groups in total. The smallest absolute Gasteiger partial charge is 0.0571 e. The normalized spacial score (nSPS) is 17.8. The first-order valence-corrected chi connectivity index (χ1v) is 6.00. The Morgan fingerprint density at radius 1 is 1.07 bits per heavy atom. The van der Waals surface area contributed by atoms with Gasteiger partial charge in [0.05, 0.1) is 6.10 Å². The van der Waals surface area contributed by atoms with E-state index < -0.39 is 0 Å². The molecule has 0 aliphatic carbocycles. The van der Waals surface area contributed by atoms with Gasteiger partial charge in [-0.25, -0.2) is 0 Å². The van der Waals surface area contributed by atoms with Gasteiger partial charge >= 0.3 is 0 Å². The summed E-state index contributed by atoms with van der Waals surface area (Å²) < 4.78 is 0. The van der Waals surface area contributed by atoms with Crippen LogP contribution in [0, 0.1) is 11.8 Å². The van der Waals surface area contributed by atoms with Crippen LogP contribution in [0.4, 0.5) is 0 Å². The van der Waals surface area contributed by atoms with Gasteiger partial charge in [-0.2, -0.15) is 0 Å². The van der Waals surface area contributed by atoms with E-state index >= 15 is 0 Å². The van der Waals surface area contributed by atoms with Crippen molar-refractivity contribution in [2.24, 2.45) is 11.8 Å². The molecule has 2 nitrogen and oxygen atoms in total. The van der Waals surface area contributed by atoms with E-state index in [0.29, 0.717) is 0 Å². The van der Waals surface area contributed by atoms with Gasteiger partial charge in [-0.3, -0.25) is 0 Å². The Bertz CT molecular complexity index is 121. The third kappa shape index (κ3) is 4.43. The molecule has 0 aliphatic rings. The minimum absolute atomic E-state index is 0.207. The second kappa shape index (κ2) is 8.25. The number of aliphatic hydroxyl groups excluding tert-OH is 2. The van der Waals surface area contributed by atoms with Gasteiger partial charge in [0.2, 0.25) is 0 Å². The number of unbranched alkanes of at least 4 members (excludes halogenated alkanes) is 1. The topological polar surface area (TPSA) is 40.5 Å². The average molecular weight is 202 g/mol. The van der Waals surface area contributed by atoms with Gasteiger partial charge in [-0.15, -0.1) is 0 Å². The summed E-state index contributed by atoms with van der Waals surface area (Å²) in [6.45, 7) is 6.52. The maximum absolute atomic E-state index is 9.96. The lowest BCUT2D eigenvalue weighted by molar-refractivity contribution is 0.0372. The van der Waals surface area contributed by atoms with E-state index in [9.17, 15) is 10.2 Å². The van der Waals surface area contributed by atoms with Crippen molar-refractivity contribution in [3.63, 3.8) is 0 Å². The standard InChI is InChI=1S/C12H26O2/c1-4-7-8-12(14)11(6-3)10(5-2)9-13/h10-14H,4-9H2,1-3H3. The molecule has 0 rings (SSSR count). The zero-order valence-corrected chi connectivity index (χ0v) is 9.87. The first kappa shape index (κ1) is 13.9. The van der Waals surface area contributed by atoms with Gasteiger partial charge in [-0.1, -0.05) is 46.5 Å². The molecule has 0 fully saturated rings. The molecule has 0 radical (unpaired) electrons. The van der Waals surface area contributed by atoms with Crippen LogP contribution in [-0.2, 0) is 0 Å². The second-order valence-corrected chi connectivity index (χ2v) is 4.13. The van der Waals surface area contributed by atoms with Crippen molar-refractivity contribution in [1.29, 1.82) is 0 Å². The average Bonchev–Trinajstić information content (AvgIpc) is 2.22. The van der Waals surface area contributed by atoms with Gasteiger partial charge in [0.25, 0.3) is 0 Å². The quantitative estimate of drug-likeness (QED) is 0.635. The fraction of sp³-hybridized carbons (Fsp3) is 1.00. The van der Waals surface area contributed by atoms with Gasteiger partial charge < -0.3 is 10.2 Å². The lowest BCUT2D eigenvalue weighted by Gasteiger charge is -2.28. The van der Waals surface area contributed by atoms with E-state index in [2.05, 4.69) is 20.8 Å². The lowest BCUT2D eigenvalue weighted by atomic mass is 9.82. The number of aliphatic hydroxyl groups is 2. The first-order chi connectivity index (χ1) is 6.71. The molecule has 0 aliphatic heterocycles. The predicted molar refractivity (Wildman–Crippen MR) is 60.2 cm³/mol. The molecular formula is C12H26O2. The van der Waals surface area contributed by atoms with Crippen LogP contribution < -0.4 is 0 Å². The Balaban J connectivity index is 4.07. The van der Waals surface area contributed by atoms with Crippen LogP contribution in [0.15, 0.2) is 0 Å². The summed E-state index contributed by atoms with van der Waals surface area (Å²) >= 11 is 0. The van der Waals surface area contributed by atoms with Crippen molar-refractivity contribution >= 4 is 0 Å². The van der Waals surface area contributed by atoms with Crippen LogP contribution >= 0.6 is 0 Å². The molecule has 0 saturated carbocycles. The Labute approximate surface area is 88.3 Å². The van der Waals surface area contributed by atoms with Gasteiger partial charge in [0.1, 0.15) is 0 Å². The first-order valence-electron chi connectivity index (χ1n) is 6.00. The van der Waals surface area contributed by atoms with Crippen molar-refractivity contribution in [1.82, 2.24) is 0 Å². The molecule has 0 aromatic rings. The van der Waals surface area contributed by atoms with Gasteiger partial charge in [0, 0.05) is 6.61 Å². The Morgan fingerprint density at radius 3 is 2.07 bits per heavy atom. The Hall–Kier alpha value is -0.0800. The number of rotatable bonds is 8. The zero-order chi connectivity index (χ0) is 11.0. The van der Waals surface area contributed by atoms with Crippen LogP contribution in [-0.4, -0.2) is 22.9 Å². The van der Waals surface area contributed by atoms with Crippen molar-refractivity contribution in [2.45, 2.75) is 59.0 Å². The summed E-state index contributed by atoms with van der Waals surface area (Å²) in [5.74, 6) is 0.545. The third-order valence-corrected chi connectivity index (χ3v) is 3.18. The molecule has 2 heteroatoms. The van der Waals surface area contributed by atoms with Crippen LogP contribution in [0.25, 0.3) is 0 Å². The second-order valence-electron chi connectivity index (χ2n) is 4.13. The fourth-order valence-electron chi connectivity index (χ4n) is 2.11. The minimum atomic E-state index is -0.225. The molecule has 0 aromatic heterocycles. The van der Waals surface area contributed by atoms with Gasteiger partial charge in [-0.05, 0) is 18.3 Å². The summed E-state index contributed by atoms with van der Waals surface area (Å²) in [5.41, 5.74) is 0. The van der Waals surface area contributed by atoms with Crippen molar-refractivity contribution in [3.05, 3.63) is 0 Å². The lowest BCUT2D eigenvalue weighted by Crippen LogP contribution is -2.29. The molecule has 0 heterocycles. The molecule has 0 amide bonds. The van der Waals surface area contributed by atoms with Crippen molar-refractivity contribution in [2.75, 3.05) is 6.61 Å². The van der Waals surface area contributed by atoms with Crippen LogP contribution in [0.3, 0.4) is 0 Å². The Kier molecular flexibility index (Phi) is 8.20. The monoisotopic (exact) mass is 202 g/mol. The van der Waals surface area contributed by atoms with E-state index in [-0.39, 0.29) is 24.5 Å². The van der Waals surface area contributed by atoms with E-state index in [1.807, 2.05) is 0 Å². The molecule has 14 heavy (non-hydrogen) atoms. The fourth-order valence-corrected chi connectivity index (χ4v) is 2.11. The van der Waals surface area contributed by atoms with Gasteiger partial charge in [0.15, 0.2) is 0 Å². The summed E-state index contributed by atoms with van der Waals surface area (Å²) in [4.78, 5) is 0. The largest absolute Gasteiger partial charge is 0.396 e. The number of hydrogen-bond acceptors (Lipinski definition) is 2. The summed E-state index contributed by atoms with van der Waals surface area (Å²) in [6.07, 6.45) is 4.79. The highest BCUT2D eigenvalue weighted by Gasteiger charge is 2.24. The third-order valence-electron chi connectivity index (χ3n) is 3.18. The summed E-state index contributed by atoms with van der Waals surface area (Å²) in [6, 6.07) is 0.